The van der Waals surface area contributed by atoms with Crippen LogP contribution in [0.4, 0.5) is 5.69 Å². The zero-order valence-corrected chi connectivity index (χ0v) is 16.9. The van der Waals surface area contributed by atoms with Crippen LogP contribution in [0.1, 0.15) is 38.5 Å². The van der Waals surface area contributed by atoms with Crippen LogP contribution in [0.15, 0.2) is 18.2 Å². The Morgan fingerprint density at radius 3 is 2.38 bits per heavy atom. The fraction of sp³-hybridized carbons (Fsp3) is 0.650. The number of hydrogen-bond acceptors (Lipinski definition) is 3. The molecular formula is C20H29Cl2N3O. The van der Waals surface area contributed by atoms with Gasteiger partial charge in [0.2, 0.25) is 5.91 Å². The Balaban J connectivity index is 1.40. The quantitative estimate of drug-likeness (QED) is 0.792. The van der Waals surface area contributed by atoms with Gasteiger partial charge in [-0.15, -0.1) is 0 Å². The number of carbonyl (C=O) groups is 1. The third-order valence-electron chi connectivity index (χ3n) is 5.52. The molecule has 1 amide bonds. The van der Waals surface area contributed by atoms with Crippen LogP contribution in [0.5, 0.6) is 0 Å². The van der Waals surface area contributed by atoms with Gasteiger partial charge in [0, 0.05) is 6.54 Å². The van der Waals surface area contributed by atoms with Crippen molar-refractivity contribution >= 4 is 34.8 Å². The van der Waals surface area contributed by atoms with Crippen molar-refractivity contribution in [2.75, 3.05) is 44.6 Å². The van der Waals surface area contributed by atoms with Crippen LogP contribution < -0.4 is 5.32 Å². The number of carbonyl (C=O) groups excluding carboxylic acids is 1. The lowest BCUT2D eigenvalue weighted by atomic mass is 9.96. The van der Waals surface area contributed by atoms with Crippen LogP contribution in [0, 0.1) is 5.92 Å². The van der Waals surface area contributed by atoms with E-state index in [1.165, 1.54) is 58.2 Å². The Morgan fingerprint density at radius 1 is 1.00 bits per heavy atom. The molecule has 2 fully saturated rings. The highest BCUT2D eigenvalue weighted by atomic mass is 35.5. The third-order valence-corrected chi connectivity index (χ3v) is 6.33. The number of piperidine rings is 1. The lowest BCUT2D eigenvalue weighted by molar-refractivity contribution is -0.117. The summed E-state index contributed by atoms with van der Waals surface area (Å²) in [7, 11) is 0. The van der Waals surface area contributed by atoms with Gasteiger partial charge in [0.25, 0.3) is 0 Å². The first-order valence-corrected chi connectivity index (χ1v) is 10.6. The Morgan fingerprint density at radius 2 is 1.69 bits per heavy atom. The van der Waals surface area contributed by atoms with Gasteiger partial charge in [0.15, 0.2) is 0 Å². The van der Waals surface area contributed by atoms with E-state index in [1.54, 1.807) is 18.2 Å². The third kappa shape index (κ3) is 5.85. The summed E-state index contributed by atoms with van der Waals surface area (Å²) in [6.45, 7) is 6.17. The summed E-state index contributed by atoms with van der Waals surface area (Å²) >= 11 is 12.1. The highest BCUT2D eigenvalue weighted by Gasteiger charge is 2.23. The van der Waals surface area contributed by atoms with Gasteiger partial charge in [-0.2, -0.15) is 0 Å². The lowest BCUT2D eigenvalue weighted by Gasteiger charge is -2.34. The van der Waals surface area contributed by atoms with E-state index in [4.69, 9.17) is 23.2 Å². The van der Waals surface area contributed by atoms with E-state index in [9.17, 15) is 4.79 Å². The maximum absolute atomic E-state index is 12.3. The molecule has 2 aliphatic rings. The van der Waals surface area contributed by atoms with E-state index in [0.29, 0.717) is 22.3 Å². The topological polar surface area (TPSA) is 35.6 Å². The van der Waals surface area contributed by atoms with Gasteiger partial charge in [-0.05, 0) is 69.9 Å². The summed E-state index contributed by atoms with van der Waals surface area (Å²) in [5, 5.41) is 3.74. The van der Waals surface area contributed by atoms with Crippen molar-refractivity contribution in [2.45, 2.75) is 38.5 Å². The minimum atomic E-state index is -0.0277. The summed E-state index contributed by atoms with van der Waals surface area (Å²) in [6, 6.07) is 5.28. The maximum Gasteiger partial charge on any atom is 0.238 e. The van der Waals surface area contributed by atoms with Crippen LogP contribution in [-0.2, 0) is 4.79 Å². The number of anilines is 1. The smallest absolute Gasteiger partial charge is 0.238 e. The van der Waals surface area contributed by atoms with Crippen molar-refractivity contribution in [1.29, 1.82) is 0 Å². The van der Waals surface area contributed by atoms with E-state index < -0.39 is 0 Å². The van der Waals surface area contributed by atoms with Gasteiger partial charge in [-0.3, -0.25) is 9.69 Å². The molecule has 0 atom stereocenters. The second-order valence-corrected chi connectivity index (χ2v) is 8.37. The Labute approximate surface area is 166 Å². The molecule has 4 nitrogen and oxygen atoms in total. The Bertz CT molecular complexity index is 595. The molecule has 0 radical (unpaired) electrons. The van der Waals surface area contributed by atoms with Gasteiger partial charge in [-0.1, -0.05) is 42.1 Å². The second-order valence-electron chi connectivity index (χ2n) is 7.58. The average molecular weight is 398 g/mol. The first-order chi connectivity index (χ1) is 12.6. The van der Waals surface area contributed by atoms with Crippen molar-refractivity contribution in [3.63, 3.8) is 0 Å². The number of benzene rings is 1. The van der Waals surface area contributed by atoms with Crippen LogP contribution in [0.25, 0.3) is 0 Å². The first-order valence-electron chi connectivity index (χ1n) is 9.80. The average Bonchev–Trinajstić information content (AvgIpc) is 2.89. The molecule has 6 heteroatoms. The largest absolute Gasteiger partial charge is 0.324 e. The first kappa shape index (κ1) is 19.9. The molecule has 144 valence electrons. The molecule has 2 saturated heterocycles. The van der Waals surface area contributed by atoms with Gasteiger partial charge in [0.1, 0.15) is 0 Å². The van der Waals surface area contributed by atoms with Gasteiger partial charge < -0.3 is 10.2 Å². The molecule has 1 N–H and O–H groups in total. The highest BCUT2D eigenvalue weighted by Crippen LogP contribution is 2.29. The van der Waals surface area contributed by atoms with Gasteiger partial charge in [0.05, 0.1) is 22.3 Å². The van der Waals surface area contributed by atoms with E-state index in [-0.39, 0.29) is 5.91 Å². The predicted molar refractivity (Wildman–Crippen MR) is 109 cm³/mol. The van der Waals surface area contributed by atoms with Crippen LogP contribution in [0.3, 0.4) is 0 Å². The van der Waals surface area contributed by atoms with Crippen molar-refractivity contribution in [1.82, 2.24) is 9.80 Å². The summed E-state index contributed by atoms with van der Waals surface area (Å²) in [5.41, 5.74) is 0.584. The number of hydrogen-bond donors (Lipinski definition) is 1. The normalized spacial score (nSPS) is 20.7. The highest BCUT2D eigenvalue weighted by molar-refractivity contribution is 6.43. The molecule has 1 aromatic carbocycles. The summed E-state index contributed by atoms with van der Waals surface area (Å²) in [5.74, 6) is 0.745. The van der Waals surface area contributed by atoms with E-state index in [0.717, 1.165) is 19.0 Å². The number of likely N-dealkylation sites (tertiary alicyclic amines) is 2. The number of nitrogens with zero attached hydrogens (tertiary/aromatic N) is 2. The zero-order valence-electron chi connectivity index (χ0n) is 15.4. The fourth-order valence-electron chi connectivity index (χ4n) is 4.00. The molecule has 3 rings (SSSR count). The molecular weight excluding hydrogens is 369 g/mol. The standard InChI is InChI=1S/C20H29Cl2N3O/c21-17-6-5-7-18(20(17)22)23-19(26)15-25-12-8-16(9-13-25)14-24-10-3-1-2-4-11-24/h5-7,16H,1-4,8-15H2,(H,23,26). The fourth-order valence-corrected chi connectivity index (χ4v) is 4.35. The number of nitrogens with one attached hydrogen (secondary N) is 1. The molecule has 2 heterocycles. The Kier molecular flexibility index (Phi) is 7.62. The van der Waals surface area contributed by atoms with Crippen molar-refractivity contribution in [3.05, 3.63) is 28.2 Å². The van der Waals surface area contributed by atoms with Crippen molar-refractivity contribution in [3.8, 4) is 0 Å². The zero-order chi connectivity index (χ0) is 18.4. The van der Waals surface area contributed by atoms with Crippen molar-refractivity contribution in [2.24, 2.45) is 5.92 Å². The minimum Gasteiger partial charge on any atom is -0.324 e. The van der Waals surface area contributed by atoms with Crippen LogP contribution >= 0.6 is 23.2 Å². The number of rotatable bonds is 5. The molecule has 0 unspecified atom stereocenters. The molecule has 1 aromatic rings. The maximum atomic E-state index is 12.3. The molecule has 26 heavy (non-hydrogen) atoms. The SMILES string of the molecule is O=C(CN1CCC(CN2CCCCCC2)CC1)Nc1cccc(Cl)c1Cl. The van der Waals surface area contributed by atoms with Crippen LogP contribution in [-0.4, -0.2) is 55.0 Å². The van der Waals surface area contributed by atoms with Gasteiger partial charge >= 0.3 is 0 Å². The van der Waals surface area contributed by atoms with Crippen LogP contribution in [0.2, 0.25) is 10.0 Å². The number of halogens is 2. The molecule has 2 aliphatic heterocycles. The Hall–Kier alpha value is -0.810. The van der Waals surface area contributed by atoms with E-state index in [1.807, 2.05) is 0 Å². The van der Waals surface area contributed by atoms with Crippen molar-refractivity contribution < 1.29 is 4.79 Å². The second kappa shape index (κ2) is 9.93. The summed E-state index contributed by atoms with van der Waals surface area (Å²) in [4.78, 5) is 17.2. The van der Waals surface area contributed by atoms with E-state index in [2.05, 4.69) is 15.1 Å². The lowest BCUT2D eigenvalue weighted by Crippen LogP contribution is -2.42. The molecule has 0 spiro atoms. The predicted octanol–water partition coefficient (Wildman–Crippen LogP) is 4.52. The number of amides is 1. The molecule has 0 saturated carbocycles. The molecule has 0 aromatic heterocycles. The van der Waals surface area contributed by atoms with Gasteiger partial charge in [-0.25, -0.2) is 0 Å². The summed E-state index contributed by atoms with van der Waals surface area (Å²) in [6.07, 6.45) is 7.85. The molecule has 0 aliphatic carbocycles. The minimum absolute atomic E-state index is 0.0277. The summed E-state index contributed by atoms with van der Waals surface area (Å²) < 4.78 is 0. The molecule has 0 bridgehead atoms. The monoisotopic (exact) mass is 397 g/mol. The van der Waals surface area contributed by atoms with E-state index >= 15 is 0 Å².